The molecule has 1 unspecified atom stereocenters. The minimum Gasteiger partial charge on any atom is -0.456 e. The first-order valence-corrected chi connectivity index (χ1v) is 6.94. The number of ether oxygens (including phenoxy) is 2. The SMILES string of the molecule is CC1(C)CC(OC(=O)c2cc(N)cc(Cl)c2)C(C)(C)O1. The van der Waals surface area contributed by atoms with Gasteiger partial charge in [0.25, 0.3) is 0 Å². The number of anilines is 1. The number of carbonyl (C=O) groups excluding carboxylic acids is 1. The zero-order chi connectivity index (χ0) is 15.1. The van der Waals surface area contributed by atoms with E-state index in [-0.39, 0.29) is 11.7 Å². The zero-order valence-corrected chi connectivity index (χ0v) is 13.0. The fraction of sp³-hybridized carbons (Fsp3) is 0.533. The Kier molecular flexibility index (Phi) is 3.73. The lowest BCUT2D eigenvalue weighted by Crippen LogP contribution is -2.36. The van der Waals surface area contributed by atoms with Crippen molar-refractivity contribution in [3.05, 3.63) is 28.8 Å². The molecule has 1 atom stereocenters. The average molecular weight is 298 g/mol. The molecule has 1 aromatic rings. The summed E-state index contributed by atoms with van der Waals surface area (Å²) < 4.78 is 11.5. The third kappa shape index (κ3) is 3.25. The number of esters is 1. The van der Waals surface area contributed by atoms with Gasteiger partial charge in [0.05, 0.1) is 11.2 Å². The topological polar surface area (TPSA) is 61.5 Å². The van der Waals surface area contributed by atoms with E-state index in [1.165, 1.54) is 0 Å². The van der Waals surface area contributed by atoms with E-state index in [0.29, 0.717) is 22.7 Å². The molecule has 4 nitrogen and oxygen atoms in total. The number of hydrogen-bond donors (Lipinski definition) is 1. The lowest BCUT2D eigenvalue weighted by molar-refractivity contribution is -0.0924. The summed E-state index contributed by atoms with van der Waals surface area (Å²) in [6, 6.07) is 4.69. The van der Waals surface area contributed by atoms with Crippen molar-refractivity contribution in [1.82, 2.24) is 0 Å². The molecule has 5 heteroatoms. The van der Waals surface area contributed by atoms with Gasteiger partial charge in [-0.1, -0.05) is 11.6 Å². The van der Waals surface area contributed by atoms with Crippen LogP contribution in [0.25, 0.3) is 0 Å². The van der Waals surface area contributed by atoms with Gasteiger partial charge in [0.1, 0.15) is 11.7 Å². The van der Waals surface area contributed by atoms with Gasteiger partial charge in [0.2, 0.25) is 0 Å². The summed E-state index contributed by atoms with van der Waals surface area (Å²) in [5, 5.41) is 0.416. The lowest BCUT2D eigenvalue weighted by atomic mass is 9.97. The number of benzene rings is 1. The maximum Gasteiger partial charge on any atom is 0.338 e. The van der Waals surface area contributed by atoms with Crippen molar-refractivity contribution in [3.63, 3.8) is 0 Å². The minimum absolute atomic E-state index is 0.301. The average Bonchev–Trinajstić information content (AvgIpc) is 2.44. The van der Waals surface area contributed by atoms with Crippen LogP contribution in [0.5, 0.6) is 0 Å². The third-order valence-electron chi connectivity index (χ3n) is 3.40. The van der Waals surface area contributed by atoms with Gasteiger partial charge < -0.3 is 15.2 Å². The van der Waals surface area contributed by atoms with Crippen LogP contribution in [0.3, 0.4) is 0 Å². The van der Waals surface area contributed by atoms with Crippen LogP contribution in [-0.2, 0) is 9.47 Å². The van der Waals surface area contributed by atoms with Crippen molar-refractivity contribution in [1.29, 1.82) is 0 Å². The van der Waals surface area contributed by atoms with Crippen LogP contribution in [0.15, 0.2) is 18.2 Å². The van der Waals surface area contributed by atoms with Gasteiger partial charge in [-0.2, -0.15) is 0 Å². The molecule has 1 heterocycles. The van der Waals surface area contributed by atoms with Gasteiger partial charge in [-0.25, -0.2) is 4.79 Å². The van der Waals surface area contributed by atoms with Gasteiger partial charge >= 0.3 is 5.97 Å². The van der Waals surface area contributed by atoms with Crippen LogP contribution in [0.1, 0.15) is 44.5 Å². The molecule has 20 heavy (non-hydrogen) atoms. The molecule has 0 radical (unpaired) electrons. The zero-order valence-electron chi connectivity index (χ0n) is 12.2. The van der Waals surface area contributed by atoms with E-state index in [9.17, 15) is 4.79 Å². The number of carbonyl (C=O) groups is 1. The fourth-order valence-corrected chi connectivity index (χ4v) is 2.87. The molecule has 1 aliphatic rings. The maximum absolute atomic E-state index is 12.2. The highest BCUT2D eigenvalue weighted by atomic mass is 35.5. The Morgan fingerprint density at radius 2 is 2.00 bits per heavy atom. The van der Waals surface area contributed by atoms with Crippen molar-refractivity contribution >= 4 is 23.3 Å². The molecular weight excluding hydrogens is 278 g/mol. The van der Waals surface area contributed by atoms with Gasteiger partial charge in [-0.3, -0.25) is 0 Å². The molecule has 0 spiro atoms. The maximum atomic E-state index is 12.2. The Balaban J connectivity index is 2.16. The minimum atomic E-state index is -0.511. The van der Waals surface area contributed by atoms with Crippen molar-refractivity contribution in [2.24, 2.45) is 0 Å². The van der Waals surface area contributed by atoms with Crippen LogP contribution in [0.4, 0.5) is 5.69 Å². The number of halogens is 1. The van der Waals surface area contributed by atoms with Crippen LogP contribution < -0.4 is 5.73 Å². The Morgan fingerprint density at radius 1 is 1.35 bits per heavy atom. The highest BCUT2D eigenvalue weighted by Crippen LogP contribution is 2.39. The molecule has 0 aliphatic carbocycles. The quantitative estimate of drug-likeness (QED) is 0.671. The van der Waals surface area contributed by atoms with Crippen molar-refractivity contribution in [2.45, 2.75) is 51.4 Å². The van der Waals surface area contributed by atoms with Crippen LogP contribution in [0.2, 0.25) is 5.02 Å². The molecule has 0 aromatic heterocycles. The molecular formula is C15H20ClNO3. The number of nitrogens with two attached hydrogens (primary N) is 1. The summed E-state index contributed by atoms with van der Waals surface area (Å²) in [5.41, 5.74) is 5.66. The van der Waals surface area contributed by atoms with Gasteiger partial charge in [0.15, 0.2) is 0 Å². The number of hydrogen-bond acceptors (Lipinski definition) is 4. The highest BCUT2D eigenvalue weighted by Gasteiger charge is 2.48. The van der Waals surface area contributed by atoms with E-state index < -0.39 is 11.6 Å². The number of rotatable bonds is 2. The Bertz CT molecular complexity index is 520. The first kappa shape index (κ1) is 15.1. The van der Waals surface area contributed by atoms with Crippen LogP contribution in [-0.4, -0.2) is 23.3 Å². The normalized spacial score (nSPS) is 23.6. The van der Waals surface area contributed by atoms with Crippen LogP contribution in [0, 0.1) is 0 Å². The molecule has 1 fully saturated rings. The summed E-state index contributed by atoms with van der Waals surface area (Å²) in [6.45, 7) is 7.82. The first-order chi connectivity index (χ1) is 9.09. The fourth-order valence-electron chi connectivity index (χ4n) is 2.62. The molecule has 1 saturated heterocycles. The second kappa shape index (κ2) is 4.93. The standard InChI is InChI=1S/C15H20ClNO3/c1-14(2)8-12(15(3,4)20-14)19-13(18)9-5-10(16)7-11(17)6-9/h5-7,12H,8,17H2,1-4H3. The Morgan fingerprint density at radius 3 is 2.50 bits per heavy atom. The molecule has 0 amide bonds. The summed E-state index contributed by atoms with van der Waals surface area (Å²) in [4.78, 5) is 12.2. The van der Waals surface area contributed by atoms with E-state index >= 15 is 0 Å². The molecule has 1 aliphatic heterocycles. The molecule has 2 N–H and O–H groups in total. The largest absolute Gasteiger partial charge is 0.456 e. The van der Waals surface area contributed by atoms with E-state index in [2.05, 4.69) is 0 Å². The summed E-state index contributed by atoms with van der Waals surface area (Å²) >= 11 is 5.90. The Hall–Kier alpha value is -1.26. The van der Waals surface area contributed by atoms with E-state index in [0.717, 1.165) is 0 Å². The molecule has 0 saturated carbocycles. The number of nitrogen functional groups attached to an aromatic ring is 1. The second-order valence-electron chi connectivity index (χ2n) is 6.34. The predicted octanol–water partition coefficient (Wildman–Crippen LogP) is 3.43. The monoisotopic (exact) mass is 297 g/mol. The van der Waals surface area contributed by atoms with Gasteiger partial charge in [0, 0.05) is 17.1 Å². The van der Waals surface area contributed by atoms with Crippen molar-refractivity contribution in [2.75, 3.05) is 5.73 Å². The Labute approximate surface area is 124 Å². The smallest absolute Gasteiger partial charge is 0.338 e. The summed E-state index contributed by atoms with van der Waals surface area (Å²) in [7, 11) is 0. The van der Waals surface area contributed by atoms with E-state index in [4.69, 9.17) is 26.8 Å². The van der Waals surface area contributed by atoms with E-state index in [1.807, 2.05) is 27.7 Å². The highest BCUT2D eigenvalue weighted by molar-refractivity contribution is 6.31. The predicted molar refractivity (Wildman–Crippen MR) is 78.9 cm³/mol. The van der Waals surface area contributed by atoms with Crippen molar-refractivity contribution < 1.29 is 14.3 Å². The van der Waals surface area contributed by atoms with Gasteiger partial charge in [-0.15, -0.1) is 0 Å². The van der Waals surface area contributed by atoms with Gasteiger partial charge in [-0.05, 0) is 45.9 Å². The molecule has 1 aromatic carbocycles. The van der Waals surface area contributed by atoms with Crippen molar-refractivity contribution in [3.8, 4) is 0 Å². The summed E-state index contributed by atoms with van der Waals surface area (Å²) in [6.07, 6.45) is 0.354. The lowest BCUT2D eigenvalue weighted by Gasteiger charge is -2.26. The van der Waals surface area contributed by atoms with Crippen LogP contribution >= 0.6 is 11.6 Å². The third-order valence-corrected chi connectivity index (χ3v) is 3.62. The molecule has 110 valence electrons. The molecule has 2 rings (SSSR count). The summed E-state index contributed by atoms with van der Waals surface area (Å²) in [5.74, 6) is -0.432. The van der Waals surface area contributed by atoms with E-state index in [1.54, 1.807) is 18.2 Å². The second-order valence-corrected chi connectivity index (χ2v) is 6.77. The first-order valence-electron chi connectivity index (χ1n) is 6.56. The molecule has 0 bridgehead atoms.